The number of hydrogen-bond donors (Lipinski definition) is 2. The molecule has 0 unspecified atom stereocenters. The van der Waals surface area contributed by atoms with Crippen LogP contribution in [0.1, 0.15) is 5.56 Å². The molecule has 2 aromatic carbocycles. The Morgan fingerprint density at radius 3 is 2.58 bits per heavy atom. The number of anilines is 1. The summed E-state index contributed by atoms with van der Waals surface area (Å²) in [7, 11) is 0. The zero-order valence-corrected chi connectivity index (χ0v) is 15.3. The Hall–Kier alpha value is -1.73. The number of nitrogens with zero attached hydrogens (tertiary/aromatic N) is 1. The third-order valence-electron chi connectivity index (χ3n) is 3.10. The van der Waals surface area contributed by atoms with Gasteiger partial charge in [-0.1, -0.05) is 46.7 Å². The summed E-state index contributed by atoms with van der Waals surface area (Å²) in [5, 5.41) is 7.65. The van der Waals surface area contributed by atoms with E-state index in [2.05, 4.69) is 15.6 Å². The molecule has 24 heavy (non-hydrogen) atoms. The summed E-state index contributed by atoms with van der Waals surface area (Å²) in [5.74, 6) is -0.209. The standard InChI is InChI=1S/C16H11Cl2N3OS2/c17-10-3-1-9(2-4-10)7-14(22)20-15(23)21-16-19-12-6-5-11(18)8-13(12)24-16/h1-6,8H,7H2,(H2,19,20,21,22,23). The van der Waals surface area contributed by atoms with Crippen LogP contribution in [0.3, 0.4) is 0 Å². The van der Waals surface area contributed by atoms with Gasteiger partial charge in [0.2, 0.25) is 5.91 Å². The minimum Gasteiger partial charge on any atom is -0.308 e. The first-order valence-electron chi connectivity index (χ1n) is 6.91. The first kappa shape index (κ1) is 17.1. The fraction of sp³-hybridized carbons (Fsp3) is 0.0625. The van der Waals surface area contributed by atoms with Crippen LogP contribution < -0.4 is 10.6 Å². The highest BCUT2D eigenvalue weighted by molar-refractivity contribution is 7.80. The van der Waals surface area contributed by atoms with Gasteiger partial charge >= 0.3 is 0 Å². The Labute approximate surface area is 157 Å². The van der Waals surface area contributed by atoms with Crippen LogP contribution in [0.25, 0.3) is 10.2 Å². The smallest absolute Gasteiger partial charge is 0.230 e. The van der Waals surface area contributed by atoms with E-state index in [1.807, 2.05) is 12.1 Å². The fourth-order valence-electron chi connectivity index (χ4n) is 2.04. The number of halogens is 2. The molecule has 0 saturated carbocycles. The van der Waals surface area contributed by atoms with Crippen molar-refractivity contribution < 1.29 is 4.79 Å². The van der Waals surface area contributed by atoms with E-state index in [-0.39, 0.29) is 17.4 Å². The summed E-state index contributed by atoms with van der Waals surface area (Å²) in [6.45, 7) is 0. The number of hydrogen-bond acceptors (Lipinski definition) is 4. The molecule has 4 nitrogen and oxygen atoms in total. The third-order valence-corrected chi connectivity index (χ3v) is 4.73. The van der Waals surface area contributed by atoms with Crippen LogP contribution in [-0.4, -0.2) is 16.0 Å². The van der Waals surface area contributed by atoms with Crippen LogP contribution in [-0.2, 0) is 11.2 Å². The van der Waals surface area contributed by atoms with E-state index in [9.17, 15) is 4.79 Å². The number of fused-ring (bicyclic) bond motifs is 1. The lowest BCUT2D eigenvalue weighted by Crippen LogP contribution is -2.35. The van der Waals surface area contributed by atoms with Crippen molar-refractivity contribution in [3.8, 4) is 0 Å². The maximum Gasteiger partial charge on any atom is 0.230 e. The van der Waals surface area contributed by atoms with Crippen LogP contribution in [0.2, 0.25) is 10.0 Å². The third kappa shape index (κ3) is 4.42. The number of carbonyl (C=O) groups excluding carboxylic acids is 1. The van der Waals surface area contributed by atoms with Crippen LogP contribution >= 0.6 is 46.8 Å². The second-order valence-electron chi connectivity index (χ2n) is 4.94. The molecular formula is C16H11Cl2N3OS2. The van der Waals surface area contributed by atoms with Crippen molar-refractivity contribution in [2.24, 2.45) is 0 Å². The highest BCUT2D eigenvalue weighted by Gasteiger charge is 2.09. The molecule has 122 valence electrons. The van der Waals surface area contributed by atoms with Gasteiger partial charge in [-0.25, -0.2) is 4.98 Å². The Morgan fingerprint density at radius 1 is 1.12 bits per heavy atom. The topological polar surface area (TPSA) is 54.0 Å². The van der Waals surface area contributed by atoms with E-state index in [1.165, 1.54) is 11.3 Å². The number of thiocarbonyl (C=S) groups is 1. The molecule has 0 radical (unpaired) electrons. The lowest BCUT2D eigenvalue weighted by atomic mass is 10.1. The minimum absolute atomic E-state index is 0.208. The lowest BCUT2D eigenvalue weighted by molar-refractivity contribution is -0.119. The predicted octanol–water partition coefficient (Wildman–Crippen LogP) is 4.66. The molecule has 0 atom stereocenters. The van der Waals surface area contributed by atoms with Crippen molar-refractivity contribution in [2.45, 2.75) is 6.42 Å². The number of carbonyl (C=O) groups is 1. The van der Waals surface area contributed by atoms with Crippen molar-refractivity contribution in [1.29, 1.82) is 0 Å². The fourth-order valence-corrected chi connectivity index (χ4v) is 3.59. The molecular weight excluding hydrogens is 385 g/mol. The molecule has 8 heteroatoms. The average Bonchev–Trinajstić information content (AvgIpc) is 2.90. The first-order chi connectivity index (χ1) is 11.5. The molecule has 3 aromatic rings. The Balaban J connectivity index is 1.59. The van der Waals surface area contributed by atoms with Gasteiger partial charge in [0.25, 0.3) is 0 Å². The van der Waals surface area contributed by atoms with Crippen molar-refractivity contribution in [3.63, 3.8) is 0 Å². The number of nitrogens with one attached hydrogen (secondary N) is 2. The monoisotopic (exact) mass is 395 g/mol. The van der Waals surface area contributed by atoms with E-state index in [0.29, 0.717) is 15.2 Å². The molecule has 1 heterocycles. The molecule has 0 aliphatic heterocycles. The molecule has 0 bridgehead atoms. The van der Waals surface area contributed by atoms with Gasteiger partial charge in [0.15, 0.2) is 10.2 Å². The number of aromatic nitrogens is 1. The summed E-state index contributed by atoms with van der Waals surface area (Å²) in [5.41, 5.74) is 1.68. The second kappa shape index (κ2) is 7.44. The van der Waals surface area contributed by atoms with Gasteiger partial charge in [-0.3, -0.25) is 4.79 Å². The van der Waals surface area contributed by atoms with E-state index in [4.69, 9.17) is 35.4 Å². The quantitative estimate of drug-likeness (QED) is 0.633. The highest BCUT2D eigenvalue weighted by atomic mass is 35.5. The molecule has 0 saturated heterocycles. The van der Waals surface area contributed by atoms with Crippen molar-refractivity contribution in [1.82, 2.24) is 10.3 Å². The zero-order chi connectivity index (χ0) is 17.1. The van der Waals surface area contributed by atoms with Crippen molar-refractivity contribution >= 4 is 73.1 Å². The zero-order valence-electron chi connectivity index (χ0n) is 12.2. The first-order valence-corrected chi connectivity index (χ1v) is 8.89. The Morgan fingerprint density at radius 2 is 1.83 bits per heavy atom. The molecule has 0 aliphatic carbocycles. The molecule has 3 rings (SSSR count). The Kier molecular flexibility index (Phi) is 5.30. The normalized spacial score (nSPS) is 10.6. The van der Waals surface area contributed by atoms with E-state index in [1.54, 1.807) is 30.3 Å². The summed E-state index contributed by atoms with van der Waals surface area (Å²) in [4.78, 5) is 16.4. The number of benzene rings is 2. The highest BCUT2D eigenvalue weighted by Crippen LogP contribution is 2.28. The van der Waals surface area contributed by atoms with Gasteiger partial charge in [-0.05, 0) is 48.1 Å². The second-order valence-corrected chi connectivity index (χ2v) is 7.25. The van der Waals surface area contributed by atoms with Gasteiger partial charge in [-0.2, -0.15) is 0 Å². The summed E-state index contributed by atoms with van der Waals surface area (Å²) in [6, 6.07) is 12.5. The molecule has 1 aromatic heterocycles. The molecule has 0 aliphatic rings. The number of amides is 1. The summed E-state index contributed by atoms with van der Waals surface area (Å²) >= 11 is 18.3. The van der Waals surface area contributed by atoms with E-state index < -0.39 is 0 Å². The maximum absolute atomic E-state index is 12.0. The maximum atomic E-state index is 12.0. The van der Waals surface area contributed by atoms with Gasteiger partial charge in [0.1, 0.15) is 0 Å². The Bertz CT molecular complexity index is 909. The van der Waals surface area contributed by atoms with Crippen LogP contribution in [0.5, 0.6) is 0 Å². The van der Waals surface area contributed by atoms with Crippen LogP contribution in [0, 0.1) is 0 Å². The SMILES string of the molecule is O=C(Cc1ccc(Cl)cc1)NC(=S)Nc1nc2ccc(Cl)cc2s1. The molecule has 2 N–H and O–H groups in total. The largest absolute Gasteiger partial charge is 0.308 e. The summed E-state index contributed by atoms with van der Waals surface area (Å²) in [6.07, 6.45) is 0.217. The van der Waals surface area contributed by atoms with Gasteiger partial charge in [-0.15, -0.1) is 0 Å². The van der Waals surface area contributed by atoms with Crippen molar-refractivity contribution in [3.05, 3.63) is 58.1 Å². The molecule has 0 spiro atoms. The van der Waals surface area contributed by atoms with E-state index in [0.717, 1.165) is 15.8 Å². The van der Waals surface area contributed by atoms with E-state index >= 15 is 0 Å². The summed E-state index contributed by atoms with van der Waals surface area (Å²) < 4.78 is 0.945. The molecule has 1 amide bonds. The number of thiazole rings is 1. The predicted molar refractivity (Wildman–Crippen MR) is 104 cm³/mol. The van der Waals surface area contributed by atoms with Gasteiger partial charge in [0, 0.05) is 10.0 Å². The minimum atomic E-state index is -0.209. The van der Waals surface area contributed by atoms with Gasteiger partial charge < -0.3 is 10.6 Å². The lowest BCUT2D eigenvalue weighted by Gasteiger charge is -2.07. The molecule has 0 fully saturated rings. The van der Waals surface area contributed by atoms with Crippen LogP contribution in [0.4, 0.5) is 5.13 Å². The average molecular weight is 396 g/mol. The van der Waals surface area contributed by atoms with Gasteiger partial charge in [0.05, 0.1) is 16.6 Å². The number of rotatable bonds is 3. The van der Waals surface area contributed by atoms with Crippen LogP contribution in [0.15, 0.2) is 42.5 Å². The van der Waals surface area contributed by atoms with Crippen molar-refractivity contribution in [2.75, 3.05) is 5.32 Å².